The van der Waals surface area contributed by atoms with E-state index in [1.807, 2.05) is 25.1 Å². The maximum absolute atomic E-state index is 10.5. The Morgan fingerprint density at radius 2 is 1.15 bits per heavy atom. The monoisotopic (exact) mass is 374 g/mol. The van der Waals surface area contributed by atoms with Gasteiger partial charge in [-0.1, -0.05) is 61.1 Å². The van der Waals surface area contributed by atoms with Gasteiger partial charge in [0.15, 0.2) is 0 Å². The van der Waals surface area contributed by atoms with Gasteiger partial charge in [0, 0.05) is 15.9 Å². The fourth-order valence-corrected chi connectivity index (χ4v) is 4.95. The van der Waals surface area contributed by atoms with Crippen molar-refractivity contribution in [3.63, 3.8) is 0 Å². The minimum absolute atomic E-state index is 0.0184. The molecule has 0 aliphatic carbocycles. The van der Waals surface area contributed by atoms with Crippen LogP contribution in [0, 0.1) is 20.8 Å². The first kappa shape index (κ1) is 19.4. The summed E-state index contributed by atoms with van der Waals surface area (Å²) in [6.07, 6.45) is 1.75. The van der Waals surface area contributed by atoms with Crippen LogP contribution in [0.4, 0.5) is 0 Å². The molecule has 0 aliphatic heterocycles. The number of aromatic hydroxyl groups is 1. The third-order valence-corrected chi connectivity index (χ3v) is 6.63. The quantitative estimate of drug-likeness (QED) is 0.587. The van der Waals surface area contributed by atoms with E-state index in [0.717, 1.165) is 24.0 Å². The van der Waals surface area contributed by atoms with Gasteiger partial charge in [0.1, 0.15) is 5.75 Å². The van der Waals surface area contributed by atoms with Crippen LogP contribution in [0.25, 0.3) is 0 Å². The Labute approximate surface area is 165 Å². The van der Waals surface area contributed by atoms with Crippen LogP contribution < -0.4 is 0 Å². The number of hydrogen-bond acceptors (Lipinski definition) is 1. The van der Waals surface area contributed by atoms with E-state index in [-0.39, 0.29) is 9.52 Å². The van der Waals surface area contributed by atoms with Crippen molar-refractivity contribution in [2.45, 2.75) is 46.2 Å². The largest absolute Gasteiger partial charge is 0.507 e. The van der Waals surface area contributed by atoms with Crippen molar-refractivity contribution in [2.24, 2.45) is 0 Å². The Kier molecular flexibility index (Phi) is 6.18. The molecule has 1 N–H and O–H groups in total. The highest BCUT2D eigenvalue weighted by Crippen LogP contribution is 2.29. The first-order chi connectivity index (χ1) is 13.0. The lowest BCUT2D eigenvalue weighted by Crippen LogP contribution is -2.05. The normalized spacial score (nSPS) is 11.4. The molecule has 2 heteroatoms. The molecule has 0 aliphatic rings. The Balaban J connectivity index is 2.01. The first-order valence-corrected chi connectivity index (χ1v) is 12.3. The number of hydrogen-bond donors (Lipinski definition) is 1. The topological polar surface area (TPSA) is 20.2 Å². The highest BCUT2D eigenvalue weighted by molar-refractivity contribution is 6.32. The summed E-state index contributed by atoms with van der Waals surface area (Å²) < 4.78 is 0. The summed E-state index contributed by atoms with van der Waals surface area (Å²) in [4.78, 5) is 0. The van der Waals surface area contributed by atoms with Gasteiger partial charge in [0.2, 0.25) is 0 Å². The summed E-state index contributed by atoms with van der Waals surface area (Å²) in [5.41, 5.74) is 10.4. The Hall–Kier alpha value is -2.32. The van der Waals surface area contributed by atoms with Gasteiger partial charge in [0.05, 0.1) is 0 Å². The van der Waals surface area contributed by atoms with Gasteiger partial charge in [0.25, 0.3) is 0 Å². The lowest BCUT2D eigenvalue weighted by atomic mass is 9.89. The summed E-state index contributed by atoms with van der Waals surface area (Å²) in [5, 5.41) is 10.5. The van der Waals surface area contributed by atoms with Crippen LogP contribution in [0.2, 0.25) is 6.55 Å². The van der Waals surface area contributed by atoms with Crippen LogP contribution in [0.5, 0.6) is 5.75 Å². The second-order valence-corrected chi connectivity index (χ2v) is 9.11. The molecule has 27 heavy (non-hydrogen) atoms. The molecule has 0 unspecified atom stereocenters. The number of aryl methyl sites for hydroxylation is 3. The predicted molar refractivity (Wildman–Crippen MR) is 119 cm³/mol. The van der Waals surface area contributed by atoms with E-state index in [9.17, 15) is 5.11 Å². The fourth-order valence-electron chi connectivity index (χ4n) is 3.94. The number of phenols is 1. The van der Waals surface area contributed by atoms with Crippen LogP contribution in [-0.4, -0.2) is 14.6 Å². The first-order valence-electron chi connectivity index (χ1n) is 9.93. The average Bonchev–Trinajstić information content (AvgIpc) is 2.64. The van der Waals surface area contributed by atoms with Gasteiger partial charge in [-0.05, 0) is 77.7 Å². The highest BCUT2D eigenvalue weighted by Gasteiger charge is 2.13. The van der Waals surface area contributed by atoms with Gasteiger partial charge in [-0.15, -0.1) is 0 Å². The highest BCUT2D eigenvalue weighted by atomic mass is 28.2. The van der Waals surface area contributed by atoms with Crippen molar-refractivity contribution in [1.82, 2.24) is 0 Å². The van der Waals surface area contributed by atoms with E-state index in [4.69, 9.17) is 0 Å². The van der Waals surface area contributed by atoms with E-state index in [1.165, 1.54) is 39.4 Å². The molecule has 0 atom stereocenters. The zero-order valence-electron chi connectivity index (χ0n) is 17.0. The molecule has 140 valence electrons. The molecule has 3 aromatic carbocycles. The van der Waals surface area contributed by atoms with Crippen molar-refractivity contribution in [3.05, 3.63) is 99.1 Å². The molecule has 0 aromatic heterocycles. The standard InChI is InChI=1S/C25H30OSi/c1-17-8-5-11-20(14-24-18(2)9-6-13-22(24)16-27-4)23(17)15-21-12-7-10-19(3)25(21)26/h5-13,26H,14-16,27H2,1-4H3. The maximum Gasteiger partial charge on any atom is 0.122 e. The van der Waals surface area contributed by atoms with Crippen molar-refractivity contribution < 1.29 is 5.11 Å². The fraction of sp³-hybridized carbons (Fsp3) is 0.280. The number of phenolic OH excluding ortho intramolecular Hbond substituents is 1. The SMILES string of the molecule is C[SiH2]Cc1cccc(C)c1Cc1cccc(C)c1Cc1cccc(C)c1O. The molecule has 0 bridgehead atoms. The van der Waals surface area contributed by atoms with Gasteiger partial charge >= 0.3 is 0 Å². The van der Waals surface area contributed by atoms with Crippen molar-refractivity contribution in [3.8, 4) is 5.75 Å². The number of rotatable bonds is 6. The summed E-state index contributed by atoms with van der Waals surface area (Å²) in [7, 11) is -0.0184. The molecular formula is C25H30OSi. The minimum atomic E-state index is -0.0184. The van der Waals surface area contributed by atoms with E-state index >= 15 is 0 Å². The average molecular weight is 375 g/mol. The second-order valence-electron chi connectivity index (χ2n) is 7.61. The van der Waals surface area contributed by atoms with E-state index in [2.05, 4.69) is 56.8 Å². The van der Waals surface area contributed by atoms with E-state index in [0.29, 0.717) is 5.75 Å². The molecule has 0 amide bonds. The van der Waals surface area contributed by atoms with Gasteiger partial charge < -0.3 is 5.11 Å². The molecule has 0 fully saturated rings. The summed E-state index contributed by atoms with van der Waals surface area (Å²) >= 11 is 0. The van der Waals surface area contributed by atoms with Crippen molar-refractivity contribution >= 4 is 9.52 Å². The van der Waals surface area contributed by atoms with Gasteiger partial charge in [-0.25, -0.2) is 0 Å². The molecule has 3 rings (SSSR count). The number of para-hydroxylation sites is 1. The lowest BCUT2D eigenvalue weighted by molar-refractivity contribution is 0.465. The minimum Gasteiger partial charge on any atom is -0.507 e. The Morgan fingerprint density at radius 1 is 0.667 bits per heavy atom. The molecule has 0 saturated heterocycles. The van der Waals surface area contributed by atoms with Crippen LogP contribution in [0.15, 0.2) is 54.6 Å². The van der Waals surface area contributed by atoms with Crippen molar-refractivity contribution in [2.75, 3.05) is 0 Å². The second kappa shape index (κ2) is 8.58. The summed E-state index contributed by atoms with van der Waals surface area (Å²) in [6.45, 7) is 8.76. The molecule has 0 radical (unpaired) electrons. The maximum atomic E-state index is 10.5. The van der Waals surface area contributed by atoms with Crippen LogP contribution in [0.1, 0.15) is 44.5 Å². The van der Waals surface area contributed by atoms with E-state index < -0.39 is 0 Å². The van der Waals surface area contributed by atoms with Crippen LogP contribution in [-0.2, 0) is 18.9 Å². The molecule has 3 aromatic rings. The molecule has 0 heterocycles. The zero-order valence-corrected chi connectivity index (χ0v) is 18.4. The van der Waals surface area contributed by atoms with Gasteiger partial charge in [-0.3, -0.25) is 0 Å². The van der Waals surface area contributed by atoms with E-state index in [1.54, 1.807) is 0 Å². The molecule has 0 spiro atoms. The smallest absolute Gasteiger partial charge is 0.122 e. The number of benzene rings is 3. The third kappa shape index (κ3) is 4.33. The third-order valence-electron chi connectivity index (χ3n) is 5.59. The Morgan fingerprint density at radius 3 is 1.78 bits per heavy atom. The lowest BCUT2D eigenvalue weighted by Gasteiger charge is -2.17. The van der Waals surface area contributed by atoms with Crippen molar-refractivity contribution in [1.29, 1.82) is 0 Å². The Bertz CT molecular complexity index is 943. The van der Waals surface area contributed by atoms with Gasteiger partial charge in [-0.2, -0.15) is 0 Å². The zero-order chi connectivity index (χ0) is 19.4. The molecule has 0 saturated carbocycles. The summed E-state index contributed by atoms with van der Waals surface area (Å²) in [6, 6.07) is 20.6. The molecule has 1 nitrogen and oxygen atoms in total. The van der Waals surface area contributed by atoms with Crippen LogP contribution >= 0.6 is 0 Å². The molecular weight excluding hydrogens is 344 g/mol. The predicted octanol–water partition coefficient (Wildman–Crippen LogP) is 5.22. The summed E-state index contributed by atoms with van der Waals surface area (Å²) in [5.74, 6) is 0.431. The van der Waals surface area contributed by atoms with Crippen LogP contribution in [0.3, 0.4) is 0 Å².